The summed E-state index contributed by atoms with van der Waals surface area (Å²) in [4.78, 5) is 8.56. The van der Waals surface area contributed by atoms with Gasteiger partial charge in [-0.2, -0.15) is 4.98 Å². The van der Waals surface area contributed by atoms with E-state index in [1.807, 2.05) is 54.6 Å². The van der Waals surface area contributed by atoms with E-state index in [1.54, 1.807) is 12.1 Å². The highest BCUT2D eigenvalue weighted by atomic mass is 19.1. The molecular weight excluding hydrogens is 395 g/mol. The molecule has 7 heteroatoms. The summed E-state index contributed by atoms with van der Waals surface area (Å²) in [7, 11) is 0. The first-order valence-electron chi connectivity index (χ1n) is 9.66. The molecule has 5 rings (SSSR count). The minimum atomic E-state index is -0.263. The third kappa shape index (κ3) is 4.06. The molecule has 1 N–H and O–H groups in total. The molecule has 0 aliphatic heterocycles. The molecule has 2 heterocycles. The Labute approximate surface area is 177 Å². The van der Waals surface area contributed by atoms with E-state index in [0.29, 0.717) is 35.0 Å². The lowest BCUT2D eigenvalue weighted by Gasteiger charge is -2.09. The molecule has 152 valence electrons. The Kier molecular flexibility index (Phi) is 4.98. The lowest BCUT2D eigenvalue weighted by molar-refractivity contribution is 0.306. The van der Waals surface area contributed by atoms with Crippen LogP contribution in [0.2, 0.25) is 0 Å². The van der Waals surface area contributed by atoms with E-state index in [4.69, 9.17) is 9.26 Å². The van der Waals surface area contributed by atoms with E-state index in [2.05, 4.69) is 20.4 Å². The van der Waals surface area contributed by atoms with Crippen LogP contribution in [-0.4, -0.2) is 15.1 Å². The highest BCUT2D eigenvalue weighted by Crippen LogP contribution is 2.32. The second kappa shape index (κ2) is 8.23. The van der Waals surface area contributed by atoms with Gasteiger partial charge in [0.15, 0.2) is 0 Å². The predicted octanol–water partition coefficient (Wildman–Crippen LogP) is 5.75. The van der Waals surface area contributed by atoms with Crippen LogP contribution in [0, 0.1) is 5.82 Å². The lowest BCUT2D eigenvalue weighted by atomic mass is 10.1. The van der Waals surface area contributed by atoms with E-state index in [1.165, 1.54) is 18.5 Å². The zero-order valence-electron chi connectivity index (χ0n) is 16.3. The van der Waals surface area contributed by atoms with E-state index < -0.39 is 0 Å². The number of hydrogen-bond acceptors (Lipinski definition) is 6. The van der Waals surface area contributed by atoms with E-state index in [0.717, 1.165) is 16.8 Å². The van der Waals surface area contributed by atoms with Crippen molar-refractivity contribution in [2.45, 2.75) is 6.61 Å². The number of anilines is 2. The summed E-state index contributed by atoms with van der Waals surface area (Å²) < 4.78 is 24.2. The van der Waals surface area contributed by atoms with Gasteiger partial charge in [0.2, 0.25) is 0 Å². The van der Waals surface area contributed by atoms with Crippen molar-refractivity contribution in [1.29, 1.82) is 0 Å². The van der Waals surface area contributed by atoms with Gasteiger partial charge in [-0.3, -0.25) is 0 Å². The Balaban J connectivity index is 1.35. The van der Waals surface area contributed by atoms with Crippen molar-refractivity contribution in [2.75, 3.05) is 5.32 Å². The van der Waals surface area contributed by atoms with Gasteiger partial charge in [0, 0.05) is 11.3 Å². The number of hydrogen-bond donors (Lipinski definition) is 1. The molecule has 2 aromatic heterocycles. The minimum absolute atomic E-state index is 0.263. The summed E-state index contributed by atoms with van der Waals surface area (Å²) in [5.74, 6) is 1.05. The van der Waals surface area contributed by atoms with Crippen molar-refractivity contribution < 1.29 is 13.7 Å². The van der Waals surface area contributed by atoms with Crippen molar-refractivity contribution in [3.05, 3.63) is 96.6 Å². The van der Waals surface area contributed by atoms with Gasteiger partial charge >= 0.3 is 0 Å². The highest BCUT2D eigenvalue weighted by Gasteiger charge is 2.16. The molecule has 0 atom stereocenters. The van der Waals surface area contributed by atoms with Crippen LogP contribution in [-0.2, 0) is 6.61 Å². The van der Waals surface area contributed by atoms with Crippen molar-refractivity contribution in [1.82, 2.24) is 15.1 Å². The molecule has 0 saturated heterocycles. The first kappa shape index (κ1) is 18.7. The quantitative estimate of drug-likeness (QED) is 0.383. The van der Waals surface area contributed by atoms with Crippen LogP contribution in [0.3, 0.4) is 0 Å². The molecule has 0 radical (unpaired) electrons. The summed E-state index contributed by atoms with van der Waals surface area (Å²) in [6.07, 6.45) is 1.44. The lowest BCUT2D eigenvalue weighted by Crippen LogP contribution is -1.97. The van der Waals surface area contributed by atoms with Crippen LogP contribution in [0.15, 0.2) is 89.7 Å². The largest absolute Gasteiger partial charge is 0.489 e. The fraction of sp³-hybridized carbons (Fsp3) is 0.0417. The molecule has 0 saturated carbocycles. The van der Waals surface area contributed by atoms with E-state index in [9.17, 15) is 4.39 Å². The van der Waals surface area contributed by atoms with Crippen molar-refractivity contribution in [3.8, 4) is 17.0 Å². The van der Waals surface area contributed by atoms with Gasteiger partial charge in [-0.15, -0.1) is 0 Å². The van der Waals surface area contributed by atoms with Crippen LogP contribution in [0.4, 0.5) is 15.9 Å². The fourth-order valence-electron chi connectivity index (χ4n) is 3.19. The second-order valence-electron chi connectivity index (χ2n) is 6.86. The third-order valence-electron chi connectivity index (χ3n) is 4.76. The topological polar surface area (TPSA) is 73.1 Å². The van der Waals surface area contributed by atoms with Crippen LogP contribution in [0.25, 0.3) is 22.4 Å². The number of rotatable bonds is 6. The number of halogens is 1. The maximum atomic E-state index is 13.0. The summed E-state index contributed by atoms with van der Waals surface area (Å²) in [6, 6.07) is 23.5. The predicted molar refractivity (Wildman–Crippen MR) is 115 cm³/mol. The van der Waals surface area contributed by atoms with Crippen molar-refractivity contribution in [3.63, 3.8) is 0 Å². The number of fused-ring (bicyclic) bond motifs is 1. The highest BCUT2D eigenvalue weighted by molar-refractivity contribution is 5.98. The fourth-order valence-corrected chi connectivity index (χ4v) is 3.19. The van der Waals surface area contributed by atoms with Crippen LogP contribution >= 0.6 is 0 Å². The SMILES string of the molecule is Fc1ccc(COc2ccc(Nc3ncnc4onc(-c5ccccc5)c34)cc2)cc1. The Morgan fingerprint density at radius 2 is 1.65 bits per heavy atom. The Hall–Kier alpha value is -4.26. The molecule has 31 heavy (non-hydrogen) atoms. The molecule has 0 spiro atoms. The second-order valence-corrected chi connectivity index (χ2v) is 6.86. The van der Waals surface area contributed by atoms with Crippen LogP contribution in [0.1, 0.15) is 5.56 Å². The minimum Gasteiger partial charge on any atom is -0.489 e. The molecule has 0 fully saturated rings. The van der Waals surface area contributed by atoms with Gasteiger partial charge in [0.1, 0.15) is 41.4 Å². The summed E-state index contributed by atoms with van der Waals surface area (Å²) in [5, 5.41) is 8.19. The molecule has 6 nitrogen and oxygen atoms in total. The number of ether oxygens (including phenoxy) is 1. The smallest absolute Gasteiger partial charge is 0.263 e. The van der Waals surface area contributed by atoms with Crippen molar-refractivity contribution >= 4 is 22.6 Å². The Morgan fingerprint density at radius 1 is 0.871 bits per heavy atom. The van der Waals surface area contributed by atoms with Gasteiger partial charge in [-0.25, -0.2) is 9.37 Å². The summed E-state index contributed by atoms with van der Waals surface area (Å²) in [6.45, 7) is 0.362. The molecule has 5 aromatic rings. The standard InChI is InChI=1S/C24H17FN4O2/c25-18-8-6-16(7-9-18)14-30-20-12-10-19(11-13-20)28-23-21-22(17-4-2-1-3-5-17)29-31-24(21)27-15-26-23/h1-13,15H,14H2,(H,26,27,28). The van der Waals surface area contributed by atoms with Gasteiger partial charge in [0.25, 0.3) is 5.71 Å². The average molecular weight is 412 g/mol. The third-order valence-corrected chi connectivity index (χ3v) is 4.76. The summed E-state index contributed by atoms with van der Waals surface area (Å²) in [5.41, 5.74) is 3.74. The summed E-state index contributed by atoms with van der Waals surface area (Å²) >= 11 is 0. The normalized spacial score (nSPS) is 10.9. The number of nitrogens with one attached hydrogen (secondary N) is 1. The van der Waals surface area contributed by atoms with Gasteiger partial charge in [-0.05, 0) is 42.0 Å². The molecule has 0 aliphatic carbocycles. The van der Waals surface area contributed by atoms with Gasteiger partial charge < -0.3 is 14.6 Å². The van der Waals surface area contributed by atoms with Crippen LogP contribution in [0.5, 0.6) is 5.75 Å². The molecular formula is C24H17FN4O2. The maximum absolute atomic E-state index is 13.0. The molecule has 0 unspecified atom stereocenters. The Bertz CT molecular complexity index is 1300. The average Bonchev–Trinajstić information content (AvgIpc) is 3.26. The zero-order valence-corrected chi connectivity index (χ0v) is 16.3. The molecule has 0 amide bonds. The Morgan fingerprint density at radius 3 is 2.42 bits per heavy atom. The monoisotopic (exact) mass is 412 g/mol. The first-order valence-corrected chi connectivity index (χ1v) is 9.66. The number of aromatic nitrogens is 3. The zero-order chi connectivity index (χ0) is 21.0. The molecule has 0 aliphatic rings. The van der Waals surface area contributed by atoms with E-state index >= 15 is 0 Å². The number of nitrogens with zero attached hydrogens (tertiary/aromatic N) is 3. The maximum Gasteiger partial charge on any atom is 0.263 e. The number of benzene rings is 3. The van der Waals surface area contributed by atoms with Crippen molar-refractivity contribution in [2.24, 2.45) is 0 Å². The molecule has 3 aromatic carbocycles. The van der Waals surface area contributed by atoms with E-state index in [-0.39, 0.29) is 5.82 Å². The first-order chi connectivity index (χ1) is 15.3. The van der Waals surface area contributed by atoms with Crippen LogP contribution < -0.4 is 10.1 Å². The van der Waals surface area contributed by atoms with Gasteiger partial charge in [-0.1, -0.05) is 47.6 Å². The van der Waals surface area contributed by atoms with Gasteiger partial charge in [0.05, 0.1) is 0 Å². The molecule has 0 bridgehead atoms.